The lowest BCUT2D eigenvalue weighted by atomic mass is 9.44. The smallest absolute Gasteiger partial charge is 0.112 e. The van der Waals surface area contributed by atoms with Gasteiger partial charge >= 0.3 is 0 Å². The third-order valence-electron chi connectivity index (χ3n) is 6.94. The number of imidazole rings is 1. The molecule has 114 valence electrons. The summed E-state index contributed by atoms with van der Waals surface area (Å²) in [5.41, 5.74) is 9.78. The Labute approximate surface area is 127 Å². The second-order valence-electron chi connectivity index (χ2n) is 9.07. The highest BCUT2D eigenvalue weighted by Gasteiger charge is 2.57. The van der Waals surface area contributed by atoms with Crippen LogP contribution in [0.25, 0.3) is 0 Å². The highest BCUT2D eigenvalue weighted by atomic mass is 15.0. The van der Waals surface area contributed by atoms with Gasteiger partial charge in [0.1, 0.15) is 5.82 Å². The van der Waals surface area contributed by atoms with Gasteiger partial charge < -0.3 is 10.7 Å². The number of hydrogen-bond donors (Lipinski definition) is 2. The van der Waals surface area contributed by atoms with Gasteiger partial charge in [-0.3, -0.25) is 0 Å². The molecule has 0 amide bonds. The summed E-state index contributed by atoms with van der Waals surface area (Å²) in [6.07, 6.45) is 11.7. The van der Waals surface area contributed by atoms with Crippen molar-refractivity contribution in [2.24, 2.45) is 23.0 Å². The van der Waals surface area contributed by atoms with Crippen molar-refractivity contribution in [1.82, 2.24) is 9.97 Å². The fraction of sp³-hybridized carbons (Fsp3) is 0.833. The van der Waals surface area contributed by atoms with Gasteiger partial charge in [-0.1, -0.05) is 6.92 Å². The molecule has 21 heavy (non-hydrogen) atoms. The molecule has 4 bridgehead atoms. The van der Waals surface area contributed by atoms with Crippen molar-refractivity contribution in [3.63, 3.8) is 0 Å². The van der Waals surface area contributed by atoms with E-state index in [9.17, 15) is 0 Å². The Morgan fingerprint density at radius 2 is 1.95 bits per heavy atom. The van der Waals surface area contributed by atoms with Crippen LogP contribution in [-0.4, -0.2) is 16.0 Å². The molecular weight excluding hydrogens is 258 g/mol. The zero-order valence-corrected chi connectivity index (χ0v) is 13.1. The van der Waals surface area contributed by atoms with Crippen molar-refractivity contribution in [1.29, 1.82) is 0 Å². The van der Waals surface area contributed by atoms with Gasteiger partial charge in [0, 0.05) is 23.6 Å². The van der Waals surface area contributed by atoms with E-state index in [0.29, 0.717) is 16.9 Å². The Morgan fingerprint density at radius 3 is 2.67 bits per heavy atom. The van der Waals surface area contributed by atoms with Crippen LogP contribution in [0.3, 0.4) is 0 Å². The summed E-state index contributed by atoms with van der Waals surface area (Å²) in [7, 11) is 0. The van der Waals surface area contributed by atoms with Crippen LogP contribution in [0.15, 0.2) is 0 Å². The molecule has 3 N–H and O–H groups in total. The van der Waals surface area contributed by atoms with E-state index in [1.165, 1.54) is 55.7 Å². The van der Waals surface area contributed by atoms with E-state index >= 15 is 0 Å². The first-order chi connectivity index (χ1) is 10.0. The van der Waals surface area contributed by atoms with E-state index in [2.05, 4.69) is 11.9 Å². The fourth-order valence-electron chi connectivity index (χ4n) is 6.76. The molecule has 1 aromatic rings. The number of H-pyrrole nitrogens is 1. The third-order valence-corrected chi connectivity index (χ3v) is 6.94. The van der Waals surface area contributed by atoms with E-state index < -0.39 is 0 Å². The number of aromatic amines is 1. The van der Waals surface area contributed by atoms with Gasteiger partial charge in [0.25, 0.3) is 0 Å². The maximum Gasteiger partial charge on any atom is 0.112 e. The summed E-state index contributed by atoms with van der Waals surface area (Å²) in [5.74, 6) is 3.25. The van der Waals surface area contributed by atoms with Crippen LogP contribution in [0, 0.1) is 17.3 Å². The zero-order chi connectivity index (χ0) is 14.2. The molecule has 3 atom stereocenters. The monoisotopic (exact) mass is 285 g/mol. The number of nitrogens with zero attached hydrogens (tertiary/aromatic N) is 1. The van der Waals surface area contributed by atoms with Crippen molar-refractivity contribution in [2.75, 3.05) is 0 Å². The first-order valence-electron chi connectivity index (χ1n) is 8.87. The second-order valence-corrected chi connectivity index (χ2v) is 9.07. The number of aromatic nitrogens is 2. The van der Waals surface area contributed by atoms with Crippen molar-refractivity contribution in [3.8, 4) is 0 Å². The lowest BCUT2D eigenvalue weighted by molar-refractivity contribution is -0.0646. The fourth-order valence-corrected chi connectivity index (χ4v) is 6.76. The summed E-state index contributed by atoms with van der Waals surface area (Å²) < 4.78 is 0. The van der Waals surface area contributed by atoms with Crippen LogP contribution in [0.4, 0.5) is 0 Å². The van der Waals surface area contributed by atoms with E-state index in [-0.39, 0.29) is 0 Å². The molecule has 3 unspecified atom stereocenters. The quantitative estimate of drug-likeness (QED) is 0.833. The van der Waals surface area contributed by atoms with Crippen molar-refractivity contribution in [2.45, 2.75) is 76.2 Å². The summed E-state index contributed by atoms with van der Waals surface area (Å²) in [4.78, 5) is 8.84. The lowest BCUT2D eigenvalue weighted by Gasteiger charge is -2.60. The summed E-state index contributed by atoms with van der Waals surface area (Å²) in [6, 6.07) is 0.333. The average molecular weight is 285 g/mol. The molecule has 0 radical (unpaired) electrons. The SMILES string of the molecule is CC12CC3CC(C1)CC(c1nc4c([nH]1)CC(N)CC4)(C3)C2. The molecule has 5 aliphatic rings. The predicted octanol–water partition coefficient (Wildman–Crippen LogP) is 3.08. The van der Waals surface area contributed by atoms with Crippen LogP contribution in [0.5, 0.6) is 0 Å². The first-order valence-corrected chi connectivity index (χ1v) is 8.87. The van der Waals surface area contributed by atoms with E-state index in [1.807, 2.05) is 0 Å². The molecule has 3 heteroatoms. The number of rotatable bonds is 1. The van der Waals surface area contributed by atoms with Gasteiger partial charge in [-0.05, 0) is 68.6 Å². The summed E-state index contributed by atoms with van der Waals surface area (Å²) in [6.45, 7) is 2.54. The van der Waals surface area contributed by atoms with Crippen LogP contribution in [0.1, 0.15) is 69.1 Å². The average Bonchev–Trinajstić information content (AvgIpc) is 2.79. The Balaban J connectivity index is 1.55. The number of nitrogens with two attached hydrogens (primary N) is 1. The third kappa shape index (κ3) is 1.79. The number of aryl methyl sites for hydroxylation is 1. The normalized spacial score (nSPS) is 47.6. The standard InChI is InChI=1S/C18H27N3/c1-17-6-11-4-12(7-17)9-18(8-11,10-17)16-20-14-3-2-13(19)5-15(14)21-16/h11-13H,2-10,19H2,1H3,(H,20,21). The molecule has 1 heterocycles. The predicted molar refractivity (Wildman–Crippen MR) is 83.1 cm³/mol. The number of hydrogen-bond acceptors (Lipinski definition) is 2. The van der Waals surface area contributed by atoms with Crippen LogP contribution < -0.4 is 5.73 Å². The molecule has 3 nitrogen and oxygen atoms in total. The second kappa shape index (κ2) is 3.92. The minimum absolute atomic E-state index is 0.333. The van der Waals surface area contributed by atoms with Gasteiger partial charge in [0.05, 0.1) is 5.69 Å². The molecule has 6 rings (SSSR count). The minimum Gasteiger partial charge on any atom is -0.345 e. The maximum absolute atomic E-state index is 6.14. The van der Waals surface area contributed by atoms with Crippen molar-refractivity contribution >= 4 is 0 Å². The van der Waals surface area contributed by atoms with Gasteiger partial charge in [-0.2, -0.15) is 0 Å². The summed E-state index contributed by atoms with van der Waals surface area (Å²) in [5, 5.41) is 0. The highest BCUT2D eigenvalue weighted by molar-refractivity contribution is 5.27. The Hall–Kier alpha value is -0.830. The maximum atomic E-state index is 6.14. The first kappa shape index (κ1) is 12.7. The Kier molecular flexibility index (Phi) is 2.37. The zero-order valence-electron chi connectivity index (χ0n) is 13.1. The lowest BCUT2D eigenvalue weighted by Crippen LogP contribution is -2.53. The van der Waals surface area contributed by atoms with Crippen LogP contribution >= 0.6 is 0 Å². The van der Waals surface area contributed by atoms with Gasteiger partial charge in [-0.15, -0.1) is 0 Å². The molecule has 5 aliphatic carbocycles. The topological polar surface area (TPSA) is 54.7 Å². The molecular formula is C18H27N3. The Morgan fingerprint density at radius 1 is 1.19 bits per heavy atom. The van der Waals surface area contributed by atoms with Gasteiger partial charge in [0.2, 0.25) is 0 Å². The molecule has 4 saturated carbocycles. The summed E-state index contributed by atoms with van der Waals surface area (Å²) >= 11 is 0. The number of nitrogens with one attached hydrogen (secondary N) is 1. The molecule has 0 spiro atoms. The van der Waals surface area contributed by atoms with Gasteiger partial charge in [-0.25, -0.2) is 4.98 Å². The van der Waals surface area contributed by atoms with Crippen molar-refractivity contribution < 1.29 is 0 Å². The van der Waals surface area contributed by atoms with Gasteiger partial charge in [0.15, 0.2) is 0 Å². The van der Waals surface area contributed by atoms with Crippen LogP contribution in [-0.2, 0) is 18.3 Å². The largest absolute Gasteiger partial charge is 0.345 e. The molecule has 0 aliphatic heterocycles. The molecule has 4 fully saturated rings. The highest BCUT2D eigenvalue weighted by Crippen LogP contribution is 2.65. The Bertz CT molecular complexity index is 573. The van der Waals surface area contributed by atoms with E-state index in [4.69, 9.17) is 10.7 Å². The minimum atomic E-state index is 0.333. The van der Waals surface area contributed by atoms with E-state index in [1.54, 1.807) is 0 Å². The van der Waals surface area contributed by atoms with E-state index in [0.717, 1.165) is 31.1 Å². The molecule has 0 saturated heterocycles. The number of fused-ring (bicyclic) bond motifs is 1. The van der Waals surface area contributed by atoms with Crippen LogP contribution in [0.2, 0.25) is 0 Å². The molecule has 0 aromatic carbocycles. The van der Waals surface area contributed by atoms with Crippen molar-refractivity contribution in [3.05, 3.63) is 17.2 Å². The molecule has 1 aromatic heterocycles.